The van der Waals surface area contributed by atoms with Crippen molar-refractivity contribution in [2.75, 3.05) is 12.3 Å². The van der Waals surface area contributed by atoms with Gasteiger partial charge in [-0.2, -0.15) is 0 Å². The van der Waals surface area contributed by atoms with Crippen LogP contribution in [0.5, 0.6) is 0 Å². The maximum atomic E-state index is 11.7. The summed E-state index contributed by atoms with van der Waals surface area (Å²) < 4.78 is 6.13. The first-order chi connectivity index (χ1) is 9.93. The summed E-state index contributed by atoms with van der Waals surface area (Å²) >= 11 is 0. The van der Waals surface area contributed by atoms with Gasteiger partial charge in [0.2, 0.25) is 0 Å². The second-order valence-corrected chi connectivity index (χ2v) is 4.71. The Hall–Kier alpha value is -2.31. The fourth-order valence-corrected chi connectivity index (χ4v) is 1.63. The Balaban J connectivity index is 2.51. The maximum Gasteiger partial charge on any atom is 0.326 e. The van der Waals surface area contributed by atoms with Crippen LogP contribution in [0.3, 0.4) is 0 Å². The number of carbonyl (C=O) groups excluding carboxylic acids is 2. The van der Waals surface area contributed by atoms with Crippen molar-refractivity contribution < 1.29 is 14.3 Å². The lowest BCUT2D eigenvalue weighted by atomic mass is 10.3. The molecule has 0 saturated carbocycles. The van der Waals surface area contributed by atoms with Gasteiger partial charge in [0.25, 0.3) is 11.5 Å². The molecule has 1 unspecified atom stereocenters. The van der Waals surface area contributed by atoms with Gasteiger partial charge in [-0.3, -0.25) is 14.4 Å². The van der Waals surface area contributed by atoms with Crippen molar-refractivity contribution in [2.24, 2.45) is 0 Å². The van der Waals surface area contributed by atoms with Gasteiger partial charge in [0.1, 0.15) is 6.54 Å². The third kappa shape index (κ3) is 5.68. The van der Waals surface area contributed by atoms with Crippen LogP contribution in [0.25, 0.3) is 0 Å². The van der Waals surface area contributed by atoms with E-state index in [0.717, 1.165) is 17.4 Å². The number of ether oxygens (including phenoxy) is 1. The third-order valence-electron chi connectivity index (χ3n) is 2.81. The highest BCUT2D eigenvalue weighted by atomic mass is 16.5. The number of unbranched alkanes of at least 4 members (excludes halogenated alkanes) is 1. The van der Waals surface area contributed by atoms with E-state index in [9.17, 15) is 14.4 Å². The van der Waals surface area contributed by atoms with Crippen molar-refractivity contribution in [3.63, 3.8) is 0 Å². The van der Waals surface area contributed by atoms with Gasteiger partial charge in [0, 0.05) is 24.5 Å². The lowest BCUT2D eigenvalue weighted by Crippen LogP contribution is -2.37. The van der Waals surface area contributed by atoms with Crippen molar-refractivity contribution in [3.8, 4) is 0 Å². The highest BCUT2D eigenvalue weighted by Gasteiger charge is 2.17. The Morgan fingerprint density at radius 1 is 1.43 bits per heavy atom. The van der Waals surface area contributed by atoms with Crippen LogP contribution < -0.4 is 16.6 Å². The molecule has 0 aliphatic carbocycles. The fourth-order valence-electron chi connectivity index (χ4n) is 1.63. The van der Waals surface area contributed by atoms with Crippen LogP contribution in [0.2, 0.25) is 0 Å². The van der Waals surface area contributed by atoms with Crippen molar-refractivity contribution in [1.82, 2.24) is 9.88 Å². The molecule has 0 fully saturated rings. The van der Waals surface area contributed by atoms with E-state index < -0.39 is 12.1 Å². The number of aromatic nitrogens is 1. The van der Waals surface area contributed by atoms with Crippen LogP contribution in [0, 0.1) is 0 Å². The number of anilines is 1. The van der Waals surface area contributed by atoms with Crippen LogP contribution in [0.15, 0.2) is 23.1 Å². The zero-order valence-corrected chi connectivity index (χ0v) is 12.3. The Morgan fingerprint density at radius 3 is 2.81 bits per heavy atom. The average molecular weight is 295 g/mol. The zero-order valence-electron chi connectivity index (χ0n) is 12.3. The summed E-state index contributed by atoms with van der Waals surface area (Å²) in [6, 6.07) is 2.72. The largest absolute Gasteiger partial charge is 0.451 e. The van der Waals surface area contributed by atoms with Crippen molar-refractivity contribution in [3.05, 3.63) is 28.7 Å². The molecular formula is C14H21N3O4. The van der Waals surface area contributed by atoms with Gasteiger partial charge in [-0.25, -0.2) is 0 Å². The van der Waals surface area contributed by atoms with E-state index in [1.165, 1.54) is 25.3 Å². The number of nitrogen functional groups attached to an aromatic ring is 1. The molecule has 0 saturated heterocycles. The van der Waals surface area contributed by atoms with E-state index >= 15 is 0 Å². The standard InChI is InChI=1S/C14H21N3O4/c1-3-4-7-16-14(20)10(2)21-13(19)9-17-8-11(15)5-6-12(17)18/h5-6,8,10H,3-4,7,9,15H2,1-2H3,(H,16,20). The molecule has 1 aromatic heterocycles. The Bertz CT molecular complexity index is 553. The third-order valence-corrected chi connectivity index (χ3v) is 2.81. The highest BCUT2D eigenvalue weighted by Crippen LogP contribution is 1.98. The number of amides is 1. The van der Waals surface area contributed by atoms with Gasteiger partial charge in [-0.05, 0) is 19.4 Å². The summed E-state index contributed by atoms with van der Waals surface area (Å²) in [5, 5.41) is 2.67. The van der Waals surface area contributed by atoms with E-state index in [4.69, 9.17) is 10.5 Å². The number of nitrogens with two attached hydrogens (primary N) is 1. The lowest BCUT2D eigenvalue weighted by Gasteiger charge is -2.14. The molecule has 116 valence electrons. The minimum Gasteiger partial charge on any atom is -0.451 e. The van der Waals surface area contributed by atoms with Crippen LogP contribution >= 0.6 is 0 Å². The molecule has 21 heavy (non-hydrogen) atoms. The molecule has 1 heterocycles. The molecule has 0 aliphatic rings. The van der Waals surface area contributed by atoms with Gasteiger partial charge in [-0.15, -0.1) is 0 Å². The molecule has 0 bridgehead atoms. The SMILES string of the molecule is CCCCNC(=O)C(C)OC(=O)Cn1cc(N)ccc1=O. The predicted molar refractivity (Wildman–Crippen MR) is 78.6 cm³/mol. The number of rotatable bonds is 7. The van der Waals surface area contributed by atoms with E-state index in [1.807, 2.05) is 6.92 Å². The van der Waals surface area contributed by atoms with Crippen molar-refractivity contribution in [2.45, 2.75) is 39.3 Å². The molecule has 1 aromatic rings. The number of esters is 1. The maximum absolute atomic E-state index is 11.7. The number of nitrogens with zero attached hydrogens (tertiary/aromatic N) is 1. The number of hydrogen-bond acceptors (Lipinski definition) is 5. The predicted octanol–water partition coefficient (Wildman–Crippen LogP) is 0.279. The Kier molecular flexibility index (Phi) is 6.45. The summed E-state index contributed by atoms with van der Waals surface area (Å²) in [6.45, 7) is 3.77. The van der Waals surface area contributed by atoms with Crippen molar-refractivity contribution in [1.29, 1.82) is 0 Å². The lowest BCUT2D eigenvalue weighted by molar-refractivity contribution is -0.155. The molecule has 7 heteroatoms. The van der Waals surface area contributed by atoms with E-state index in [0.29, 0.717) is 12.2 Å². The molecule has 1 rings (SSSR count). The summed E-state index contributed by atoms with van der Waals surface area (Å²) in [5.41, 5.74) is 5.55. The molecular weight excluding hydrogens is 274 g/mol. The number of pyridine rings is 1. The van der Waals surface area contributed by atoms with Crippen LogP contribution in [-0.4, -0.2) is 29.1 Å². The van der Waals surface area contributed by atoms with Crippen molar-refractivity contribution >= 4 is 17.6 Å². The summed E-state index contributed by atoms with van der Waals surface area (Å²) in [5.74, 6) is -1.02. The van der Waals surface area contributed by atoms with Gasteiger partial charge in [0.15, 0.2) is 6.10 Å². The van der Waals surface area contributed by atoms with Gasteiger partial charge in [-0.1, -0.05) is 13.3 Å². The summed E-state index contributed by atoms with van der Waals surface area (Å²) in [4.78, 5) is 34.9. The Labute approximate surface area is 123 Å². The monoisotopic (exact) mass is 295 g/mol. The first kappa shape index (κ1) is 16.7. The van der Waals surface area contributed by atoms with Crippen LogP contribution in [0.1, 0.15) is 26.7 Å². The number of hydrogen-bond donors (Lipinski definition) is 2. The molecule has 7 nitrogen and oxygen atoms in total. The molecule has 0 aliphatic heterocycles. The first-order valence-electron chi connectivity index (χ1n) is 6.87. The topological polar surface area (TPSA) is 103 Å². The van der Waals surface area contributed by atoms with Gasteiger partial charge in [0.05, 0.1) is 0 Å². The smallest absolute Gasteiger partial charge is 0.326 e. The van der Waals surface area contributed by atoms with E-state index in [2.05, 4.69) is 5.32 Å². The van der Waals surface area contributed by atoms with Gasteiger partial charge >= 0.3 is 5.97 Å². The minimum atomic E-state index is -0.897. The van der Waals surface area contributed by atoms with Crippen LogP contribution in [-0.2, 0) is 20.9 Å². The number of nitrogens with one attached hydrogen (secondary N) is 1. The van der Waals surface area contributed by atoms with Crippen LogP contribution in [0.4, 0.5) is 5.69 Å². The first-order valence-corrected chi connectivity index (χ1v) is 6.87. The summed E-state index contributed by atoms with van der Waals surface area (Å²) in [7, 11) is 0. The average Bonchev–Trinajstić information content (AvgIpc) is 2.42. The fraction of sp³-hybridized carbons (Fsp3) is 0.500. The van der Waals surface area contributed by atoms with E-state index in [1.54, 1.807) is 0 Å². The minimum absolute atomic E-state index is 0.281. The molecule has 0 radical (unpaired) electrons. The normalized spacial score (nSPS) is 11.7. The molecule has 3 N–H and O–H groups in total. The quantitative estimate of drug-likeness (QED) is 0.555. The summed E-state index contributed by atoms with van der Waals surface area (Å²) in [6.07, 6.45) is 2.29. The highest BCUT2D eigenvalue weighted by molar-refractivity contribution is 5.83. The van der Waals surface area contributed by atoms with Gasteiger partial charge < -0.3 is 20.4 Å². The second-order valence-electron chi connectivity index (χ2n) is 4.71. The molecule has 1 atom stereocenters. The molecule has 0 spiro atoms. The number of carbonyl (C=O) groups is 2. The van der Waals surface area contributed by atoms with E-state index in [-0.39, 0.29) is 18.0 Å². The second kappa shape index (κ2) is 8.08. The Morgan fingerprint density at radius 2 is 2.14 bits per heavy atom. The zero-order chi connectivity index (χ0) is 15.8. The molecule has 0 aromatic carbocycles. The molecule has 1 amide bonds.